The Morgan fingerprint density at radius 2 is 1.94 bits per heavy atom. The highest BCUT2D eigenvalue weighted by Gasteiger charge is 2.34. The zero-order chi connectivity index (χ0) is 22.5. The normalized spacial score (nSPS) is 18.6. The monoisotopic (exact) mass is 434 g/mol. The number of ether oxygens (including phenoxy) is 2. The van der Waals surface area contributed by atoms with Crippen LogP contribution in [-0.2, 0) is 4.74 Å². The van der Waals surface area contributed by atoms with Crippen LogP contribution in [0.1, 0.15) is 17.2 Å². The van der Waals surface area contributed by atoms with Crippen LogP contribution in [0.2, 0.25) is 0 Å². The maximum Gasteiger partial charge on any atom is 0.319 e. The molecular weight excluding hydrogens is 404 g/mol. The number of methoxy groups -OCH3 is 2. The maximum absolute atomic E-state index is 13.0. The van der Waals surface area contributed by atoms with Crippen LogP contribution < -0.4 is 15.4 Å². The van der Waals surface area contributed by atoms with E-state index in [0.717, 1.165) is 42.0 Å². The van der Waals surface area contributed by atoms with Gasteiger partial charge in [0.15, 0.2) is 0 Å². The number of hydrogen-bond acceptors (Lipinski definition) is 5. The number of likely N-dealkylation sites (tertiary alicyclic amines) is 1. The summed E-state index contributed by atoms with van der Waals surface area (Å²) in [5.41, 5.74) is 3.55. The first-order chi connectivity index (χ1) is 15.6. The van der Waals surface area contributed by atoms with E-state index >= 15 is 0 Å². The Morgan fingerprint density at radius 3 is 2.69 bits per heavy atom. The van der Waals surface area contributed by atoms with Gasteiger partial charge >= 0.3 is 6.03 Å². The molecule has 1 fully saturated rings. The third-order valence-electron chi connectivity index (χ3n) is 6.01. The summed E-state index contributed by atoms with van der Waals surface area (Å²) in [6.07, 6.45) is 0. The summed E-state index contributed by atoms with van der Waals surface area (Å²) in [5.74, 6) is 0.977. The van der Waals surface area contributed by atoms with Crippen LogP contribution in [-0.4, -0.2) is 62.4 Å². The second-order valence-corrected chi connectivity index (χ2v) is 8.15. The van der Waals surface area contributed by atoms with E-state index in [2.05, 4.69) is 32.7 Å². The van der Waals surface area contributed by atoms with Gasteiger partial charge in [-0.3, -0.25) is 9.88 Å². The molecule has 4 rings (SSSR count). The lowest BCUT2D eigenvalue weighted by molar-refractivity contribution is 0.159. The van der Waals surface area contributed by atoms with Crippen molar-refractivity contribution in [3.8, 4) is 5.75 Å². The molecule has 2 heterocycles. The fourth-order valence-electron chi connectivity index (χ4n) is 4.30. The summed E-state index contributed by atoms with van der Waals surface area (Å²) < 4.78 is 10.6. The largest absolute Gasteiger partial charge is 0.497 e. The fourth-order valence-corrected chi connectivity index (χ4v) is 4.30. The van der Waals surface area contributed by atoms with Crippen molar-refractivity contribution in [2.24, 2.45) is 0 Å². The molecule has 32 heavy (non-hydrogen) atoms. The second-order valence-electron chi connectivity index (χ2n) is 8.15. The first-order valence-corrected chi connectivity index (χ1v) is 10.9. The number of aryl methyl sites for hydroxylation is 1. The minimum absolute atomic E-state index is 0.00284. The number of pyridine rings is 1. The number of nitrogens with one attached hydrogen (secondary N) is 2. The number of carbonyl (C=O) groups is 1. The molecule has 1 aliphatic heterocycles. The lowest BCUT2D eigenvalue weighted by Gasteiger charge is -2.21. The Hall–Kier alpha value is -3.16. The van der Waals surface area contributed by atoms with Gasteiger partial charge in [0.1, 0.15) is 5.75 Å². The van der Waals surface area contributed by atoms with Crippen LogP contribution >= 0.6 is 0 Å². The van der Waals surface area contributed by atoms with E-state index in [1.54, 1.807) is 14.2 Å². The van der Waals surface area contributed by atoms with Crippen molar-refractivity contribution in [2.45, 2.75) is 18.9 Å². The summed E-state index contributed by atoms with van der Waals surface area (Å²) in [6, 6.07) is 17.8. The van der Waals surface area contributed by atoms with Gasteiger partial charge in [-0.25, -0.2) is 4.79 Å². The molecule has 7 heteroatoms. The third kappa shape index (κ3) is 5.00. The van der Waals surface area contributed by atoms with Crippen molar-refractivity contribution in [1.82, 2.24) is 15.2 Å². The number of hydrogen-bond donors (Lipinski definition) is 2. The molecule has 1 aromatic heterocycles. The molecular formula is C25H30N4O3. The lowest BCUT2D eigenvalue weighted by Crippen LogP contribution is -2.42. The molecule has 2 amide bonds. The van der Waals surface area contributed by atoms with Crippen molar-refractivity contribution in [1.29, 1.82) is 0 Å². The zero-order valence-electron chi connectivity index (χ0n) is 18.8. The van der Waals surface area contributed by atoms with Gasteiger partial charge in [0.25, 0.3) is 0 Å². The van der Waals surface area contributed by atoms with E-state index in [1.165, 1.54) is 5.56 Å². The van der Waals surface area contributed by atoms with Gasteiger partial charge < -0.3 is 20.1 Å². The molecule has 7 nitrogen and oxygen atoms in total. The second kappa shape index (κ2) is 9.97. The van der Waals surface area contributed by atoms with Gasteiger partial charge in [-0.15, -0.1) is 0 Å². The number of amides is 2. The number of rotatable bonds is 7. The van der Waals surface area contributed by atoms with E-state index in [4.69, 9.17) is 9.47 Å². The Morgan fingerprint density at radius 1 is 1.12 bits per heavy atom. The molecule has 1 aliphatic rings. The maximum atomic E-state index is 13.0. The van der Waals surface area contributed by atoms with Gasteiger partial charge in [0.05, 0.1) is 36.7 Å². The van der Waals surface area contributed by atoms with Crippen molar-refractivity contribution < 1.29 is 14.3 Å². The minimum atomic E-state index is -0.225. The Kier molecular flexibility index (Phi) is 6.87. The van der Waals surface area contributed by atoms with Gasteiger partial charge in [-0.2, -0.15) is 0 Å². The number of nitrogens with zero attached hydrogens (tertiary/aromatic N) is 2. The molecule has 2 N–H and O–H groups in total. The van der Waals surface area contributed by atoms with Crippen LogP contribution in [0.15, 0.2) is 54.6 Å². The molecule has 2 aromatic carbocycles. The van der Waals surface area contributed by atoms with Gasteiger partial charge in [-0.05, 0) is 36.8 Å². The zero-order valence-corrected chi connectivity index (χ0v) is 18.8. The molecule has 0 radical (unpaired) electrons. The molecule has 0 unspecified atom stereocenters. The fraction of sp³-hybridized carbons (Fsp3) is 0.360. The highest BCUT2D eigenvalue weighted by molar-refractivity contribution is 5.93. The molecule has 0 spiro atoms. The number of aromatic nitrogens is 1. The average molecular weight is 435 g/mol. The van der Waals surface area contributed by atoms with E-state index < -0.39 is 0 Å². The van der Waals surface area contributed by atoms with Crippen molar-refractivity contribution in [3.63, 3.8) is 0 Å². The Labute approximate surface area is 188 Å². The van der Waals surface area contributed by atoms with E-state index in [9.17, 15) is 4.79 Å². The smallest absolute Gasteiger partial charge is 0.319 e. The average Bonchev–Trinajstić information content (AvgIpc) is 3.20. The van der Waals surface area contributed by atoms with Gasteiger partial charge in [0.2, 0.25) is 0 Å². The Bertz CT molecular complexity index is 1070. The SMILES string of the molecule is COCCN1C[C@@H](NC(=O)Nc2cc3cc(OC)ccc3nc2C)[C@H](c2ccccc2)C1. The summed E-state index contributed by atoms with van der Waals surface area (Å²) in [5, 5.41) is 7.11. The van der Waals surface area contributed by atoms with Crippen LogP contribution in [0.25, 0.3) is 10.9 Å². The lowest BCUT2D eigenvalue weighted by atomic mass is 9.94. The van der Waals surface area contributed by atoms with Crippen molar-refractivity contribution in [2.75, 3.05) is 45.8 Å². The van der Waals surface area contributed by atoms with Crippen LogP contribution in [0.4, 0.5) is 10.5 Å². The van der Waals surface area contributed by atoms with Crippen molar-refractivity contribution >= 4 is 22.6 Å². The molecule has 2 atom stereocenters. The number of anilines is 1. The quantitative estimate of drug-likeness (QED) is 0.592. The Balaban J connectivity index is 1.49. The molecule has 1 saturated heterocycles. The van der Waals surface area contributed by atoms with E-state index in [1.807, 2.05) is 49.4 Å². The van der Waals surface area contributed by atoms with E-state index in [-0.39, 0.29) is 18.0 Å². The summed E-state index contributed by atoms with van der Waals surface area (Å²) in [7, 11) is 3.35. The predicted molar refractivity (Wildman–Crippen MR) is 126 cm³/mol. The van der Waals surface area contributed by atoms with Gasteiger partial charge in [-0.1, -0.05) is 30.3 Å². The number of fused-ring (bicyclic) bond motifs is 1. The first kappa shape index (κ1) is 22.0. The van der Waals surface area contributed by atoms with Gasteiger partial charge in [0, 0.05) is 38.0 Å². The predicted octanol–water partition coefficient (Wildman–Crippen LogP) is 3.79. The summed E-state index contributed by atoms with van der Waals surface area (Å²) >= 11 is 0. The highest BCUT2D eigenvalue weighted by atomic mass is 16.5. The molecule has 0 aliphatic carbocycles. The number of carbonyl (C=O) groups excluding carboxylic acids is 1. The molecule has 0 bridgehead atoms. The van der Waals surface area contributed by atoms with Crippen LogP contribution in [0.5, 0.6) is 5.75 Å². The number of benzene rings is 2. The highest BCUT2D eigenvalue weighted by Crippen LogP contribution is 2.28. The molecule has 168 valence electrons. The minimum Gasteiger partial charge on any atom is -0.497 e. The standard InChI is InChI=1S/C25H30N4O3/c1-17-23(14-19-13-20(32-3)9-10-22(19)26-17)27-25(30)28-24-16-29(11-12-31-2)15-21(24)18-7-5-4-6-8-18/h4-10,13-14,21,24H,11-12,15-16H2,1-3H3,(H2,27,28,30)/t21-,24+/m0/s1. The van der Waals surface area contributed by atoms with Crippen LogP contribution in [0.3, 0.4) is 0 Å². The molecule has 0 saturated carbocycles. The number of urea groups is 1. The molecule has 3 aromatic rings. The van der Waals surface area contributed by atoms with Crippen LogP contribution in [0, 0.1) is 6.92 Å². The van der Waals surface area contributed by atoms with E-state index in [0.29, 0.717) is 12.3 Å². The topological polar surface area (TPSA) is 75.7 Å². The summed E-state index contributed by atoms with van der Waals surface area (Å²) in [4.78, 5) is 19.9. The third-order valence-corrected chi connectivity index (χ3v) is 6.01. The first-order valence-electron chi connectivity index (χ1n) is 10.9. The summed E-state index contributed by atoms with van der Waals surface area (Å²) in [6.45, 7) is 5.08. The van der Waals surface area contributed by atoms with Crippen molar-refractivity contribution in [3.05, 3.63) is 65.9 Å².